The van der Waals surface area contributed by atoms with Crippen molar-refractivity contribution in [3.63, 3.8) is 0 Å². The van der Waals surface area contributed by atoms with Crippen LogP contribution >= 0.6 is 0 Å². The Morgan fingerprint density at radius 3 is 1.67 bits per heavy atom. The number of ether oxygens (including phenoxy) is 3. The van der Waals surface area contributed by atoms with Crippen LogP contribution < -0.4 is 0 Å². The molecule has 2 atom stereocenters. The molecule has 0 saturated carbocycles. The summed E-state index contributed by atoms with van der Waals surface area (Å²) in [5.41, 5.74) is -3.09. The molecule has 0 aromatic rings. The fraction of sp³-hybridized carbons (Fsp3) is 1.00. The van der Waals surface area contributed by atoms with Crippen molar-refractivity contribution in [3.05, 3.63) is 0 Å². The highest BCUT2D eigenvalue weighted by Crippen LogP contribution is 2.53. The molecule has 1 aliphatic heterocycles. The first-order valence-corrected chi connectivity index (χ1v) is 6.15. The van der Waals surface area contributed by atoms with Crippen molar-refractivity contribution >= 4 is 0 Å². The van der Waals surface area contributed by atoms with E-state index >= 15 is 0 Å². The zero-order valence-electron chi connectivity index (χ0n) is 12.3. The molecule has 1 aliphatic rings. The van der Waals surface area contributed by atoms with Crippen molar-refractivity contribution in [1.82, 2.24) is 0 Å². The largest absolute Gasteiger partial charge is 0.462 e. The topological polar surface area (TPSA) is 27.7 Å². The molecule has 24 heavy (non-hydrogen) atoms. The van der Waals surface area contributed by atoms with Gasteiger partial charge in [0.2, 0.25) is 0 Å². The van der Waals surface area contributed by atoms with Gasteiger partial charge in [-0.15, -0.1) is 0 Å². The van der Waals surface area contributed by atoms with Crippen molar-refractivity contribution in [1.29, 1.82) is 0 Å². The molecule has 0 amide bonds. The van der Waals surface area contributed by atoms with Crippen LogP contribution in [0.15, 0.2) is 0 Å². The van der Waals surface area contributed by atoms with Crippen LogP contribution in [0, 0.1) is 0 Å². The highest BCUT2D eigenvalue weighted by atomic mass is 19.4. The van der Waals surface area contributed by atoms with Gasteiger partial charge in [-0.2, -0.15) is 30.7 Å². The quantitative estimate of drug-likeness (QED) is 0.665. The zero-order chi connectivity index (χ0) is 19.4. The first-order chi connectivity index (χ1) is 10.3. The summed E-state index contributed by atoms with van der Waals surface area (Å²) < 4.78 is 140. The maximum Gasteiger partial charge on any atom is 0.462 e. The number of rotatable bonds is 5. The molecule has 0 radical (unpaired) electrons. The first kappa shape index (κ1) is 21.2. The SMILES string of the molecule is CC1(C)OCC(C)(C(F)(OC(F)(F)C(F)(F)C(F)(F)F)C(F)F)O1. The van der Waals surface area contributed by atoms with Gasteiger partial charge in [0.25, 0.3) is 6.43 Å². The molecular formula is C11H12F10O3. The smallest absolute Gasteiger partial charge is 0.347 e. The van der Waals surface area contributed by atoms with E-state index in [0.717, 1.165) is 13.8 Å². The van der Waals surface area contributed by atoms with E-state index < -0.39 is 48.5 Å². The van der Waals surface area contributed by atoms with Crippen molar-refractivity contribution in [2.75, 3.05) is 6.61 Å². The number of alkyl halides is 10. The molecule has 1 heterocycles. The lowest BCUT2D eigenvalue weighted by atomic mass is 9.97. The Morgan fingerprint density at radius 2 is 1.38 bits per heavy atom. The van der Waals surface area contributed by atoms with Crippen LogP contribution in [0.2, 0.25) is 0 Å². The van der Waals surface area contributed by atoms with Crippen LogP contribution in [0.25, 0.3) is 0 Å². The highest BCUT2D eigenvalue weighted by Gasteiger charge is 2.79. The van der Waals surface area contributed by atoms with E-state index in [0.29, 0.717) is 6.92 Å². The molecule has 0 spiro atoms. The van der Waals surface area contributed by atoms with Gasteiger partial charge in [0.15, 0.2) is 11.4 Å². The predicted octanol–water partition coefficient (Wildman–Crippen LogP) is 4.27. The van der Waals surface area contributed by atoms with Gasteiger partial charge < -0.3 is 9.47 Å². The second kappa shape index (κ2) is 5.59. The van der Waals surface area contributed by atoms with Gasteiger partial charge in [0.1, 0.15) is 0 Å². The Bertz CT molecular complexity index is 477. The van der Waals surface area contributed by atoms with E-state index in [1.54, 1.807) is 0 Å². The van der Waals surface area contributed by atoms with Gasteiger partial charge in [-0.1, -0.05) is 0 Å². The van der Waals surface area contributed by atoms with Crippen LogP contribution in [-0.4, -0.2) is 48.5 Å². The molecule has 1 rings (SSSR count). The van der Waals surface area contributed by atoms with E-state index in [4.69, 9.17) is 0 Å². The Labute approximate surface area is 128 Å². The summed E-state index contributed by atoms with van der Waals surface area (Å²) >= 11 is 0. The molecular weight excluding hydrogens is 370 g/mol. The van der Waals surface area contributed by atoms with Crippen LogP contribution in [0.4, 0.5) is 43.9 Å². The van der Waals surface area contributed by atoms with E-state index in [-0.39, 0.29) is 0 Å². The van der Waals surface area contributed by atoms with Gasteiger partial charge in [-0.3, -0.25) is 4.74 Å². The molecule has 13 heteroatoms. The maximum absolute atomic E-state index is 14.4. The van der Waals surface area contributed by atoms with Crippen molar-refractivity contribution < 1.29 is 58.1 Å². The van der Waals surface area contributed by atoms with Gasteiger partial charge in [-0.25, -0.2) is 13.2 Å². The molecule has 0 aliphatic carbocycles. The van der Waals surface area contributed by atoms with E-state index in [1.165, 1.54) is 0 Å². The molecule has 1 fully saturated rings. The average Bonchev–Trinajstić information content (AvgIpc) is 2.62. The van der Waals surface area contributed by atoms with Crippen LogP contribution in [0.1, 0.15) is 20.8 Å². The lowest BCUT2D eigenvalue weighted by Gasteiger charge is -2.41. The molecule has 3 nitrogen and oxygen atoms in total. The second-order valence-electron chi connectivity index (χ2n) is 5.66. The minimum atomic E-state index is -6.93. The number of hydrogen-bond acceptors (Lipinski definition) is 3. The van der Waals surface area contributed by atoms with E-state index in [1.807, 2.05) is 0 Å². The summed E-state index contributed by atoms with van der Waals surface area (Å²) in [5, 5.41) is 0. The summed E-state index contributed by atoms with van der Waals surface area (Å²) in [6.45, 7) is 1.34. The van der Waals surface area contributed by atoms with Crippen molar-refractivity contribution in [2.24, 2.45) is 0 Å². The Hall–Kier alpha value is -0.820. The Balaban J connectivity index is 3.28. The fourth-order valence-corrected chi connectivity index (χ4v) is 1.88. The monoisotopic (exact) mass is 382 g/mol. The van der Waals surface area contributed by atoms with Crippen LogP contribution in [0.3, 0.4) is 0 Å². The molecule has 144 valence electrons. The summed E-state index contributed by atoms with van der Waals surface area (Å²) in [7, 11) is 0. The van der Waals surface area contributed by atoms with Crippen molar-refractivity contribution in [2.45, 2.75) is 62.6 Å². The summed E-state index contributed by atoms with van der Waals surface area (Å²) in [4.78, 5) is 0. The lowest BCUT2D eigenvalue weighted by Crippen LogP contribution is -2.64. The zero-order valence-corrected chi connectivity index (χ0v) is 12.3. The van der Waals surface area contributed by atoms with Crippen LogP contribution in [0.5, 0.6) is 0 Å². The molecule has 0 aromatic heterocycles. The van der Waals surface area contributed by atoms with E-state index in [9.17, 15) is 43.9 Å². The minimum absolute atomic E-state index is 0.412. The third-order valence-electron chi connectivity index (χ3n) is 3.17. The molecule has 1 saturated heterocycles. The van der Waals surface area contributed by atoms with Gasteiger partial charge in [-0.05, 0) is 20.8 Å². The van der Waals surface area contributed by atoms with Gasteiger partial charge in [0, 0.05) is 0 Å². The summed E-state index contributed by atoms with van der Waals surface area (Å²) in [6.07, 6.45) is -18.1. The van der Waals surface area contributed by atoms with E-state index in [2.05, 4.69) is 14.2 Å². The standard InChI is InChI=1S/C11H12F10O3/c1-6(2)22-4-7(3,23-6)8(14,5(12)13)24-11(20,21)9(15,16)10(17,18)19/h5H,4H2,1-3H3. The minimum Gasteiger partial charge on any atom is -0.347 e. The predicted molar refractivity (Wildman–Crippen MR) is 56.4 cm³/mol. The highest BCUT2D eigenvalue weighted by molar-refractivity contribution is 5.01. The van der Waals surface area contributed by atoms with Crippen LogP contribution in [-0.2, 0) is 14.2 Å². The molecule has 2 unspecified atom stereocenters. The average molecular weight is 382 g/mol. The number of hydrogen-bond donors (Lipinski definition) is 0. The third-order valence-corrected chi connectivity index (χ3v) is 3.17. The Kier molecular flexibility index (Phi) is 4.95. The lowest BCUT2D eigenvalue weighted by molar-refractivity contribution is -0.480. The third kappa shape index (κ3) is 3.29. The summed E-state index contributed by atoms with van der Waals surface area (Å²) in [5.74, 6) is -13.8. The summed E-state index contributed by atoms with van der Waals surface area (Å²) in [6, 6.07) is 0. The molecule has 0 N–H and O–H groups in total. The molecule has 0 aromatic carbocycles. The molecule has 0 bridgehead atoms. The fourth-order valence-electron chi connectivity index (χ4n) is 1.88. The van der Waals surface area contributed by atoms with Gasteiger partial charge >= 0.3 is 24.1 Å². The Morgan fingerprint density at radius 1 is 0.917 bits per heavy atom. The first-order valence-electron chi connectivity index (χ1n) is 6.15. The van der Waals surface area contributed by atoms with Crippen molar-refractivity contribution in [3.8, 4) is 0 Å². The second-order valence-corrected chi connectivity index (χ2v) is 5.66. The van der Waals surface area contributed by atoms with Gasteiger partial charge in [0.05, 0.1) is 6.61 Å². The maximum atomic E-state index is 14.4. The normalized spacial score (nSPS) is 28.2. The number of halogens is 10.